The number of nitrogens with one attached hydrogen (secondary N) is 1. The Kier molecular flexibility index (Phi) is 4.54. The van der Waals surface area contributed by atoms with Gasteiger partial charge in [0.2, 0.25) is 0 Å². The molecule has 0 aliphatic heterocycles. The molecular weight excluding hydrogens is 308 g/mol. The number of hydrogen-bond donors (Lipinski definition) is 1. The number of nitrogens with zero attached hydrogens (tertiary/aromatic N) is 1. The molecule has 1 aromatic heterocycles. The molecule has 1 aromatic carbocycles. The Morgan fingerprint density at radius 2 is 1.94 bits per heavy atom. The Bertz CT molecular complexity index is 519. The minimum Gasteiger partial charge on any atom is -0.305 e. The van der Waals surface area contributed by atoms with Crippen molar-refractivity contribution >= 4 is 27.3 Å². The molecule has 0 aliphatic carbocycles. The highest BCUT2D eigenvalue weighted by molar-refractivity contribution is 9.10. The smallest absolute Gasteiger partial charge is 0.0900 e. The van der Waals surface area contributed by atoms with Crippen LogP contribution in [0, 0.1) is 13.8 Å². The number of benzene rings is 1. The number of hydrogen-bond acceptors (Lipinski definition) is 3. The predicted octanol–water partition coefficient (Wildman–Crippen LogP) is 4.37. The average Bonchev–Trinajstić information content (AvgIpc) is 2.67. The van der Waals surface area contributed by atoms with Crippen molar-refractivity contribution in [2.24, 2.45) is 0 Å². The molecule has 0 saturated heterocycles. The summed E-state index contributed by atoms with van der Waals surface area (Å²) < 4.78 is 1.12. The number of aromatic nitrogens is 1. The molecule has 2 rings (SSSR count). The van der Waals surface area contributed by atoms with E-state index >= 15 is 0 Å². The maximum absolute atomic E-state index is 4.47. The molecule has 0 radical (unpaired) electrons. The molecule has 18 heavy (non-hydrogen) atoms. The van der Waals surface area contributed by atoms with Gasteiger partial charge in [-0.25, -0.2) is 4.98 Å². The quantitative estimate of drug-likeness (QED) is 0.903. The highest BCUT2D eigenvalue weighted by atomic mass is 79.9. The maximum atomic E-state index is 4.47. The van der Waals surface area contributed by atoms with Crippen LogP contribution in [0.4, 0.5) is 0 Å². The van der Waals surface area contributed by atoms with Crippen LogP contribution in [-0.4, -0.2) is 4.98 Å². The van der Waals surface area contributed by atoms with Gasteiger partial charge in [-0.15, -0.1) is 11.3 Å². The van der Waals surface area contributed by atoms with Crippen LogP contribution in [0.1, 0.15) is 34.1 Å². The topological polar surface area (TPSA) is 24.9 Å². The van der Waals surface area contributed by atoms with E-state index in [1.807, 2.05) is 0 Å². The van der Waals surface area contributed by atoms with Gasteiger partial charge in [0.15, 0.2) is 0 Å². The Labute approximate surface area is 121 Å². The van der Waals surface area contributed by atoms with E-state index in [2.05, 4.69) is 71.3 Å². The lowest BCUT2D eigenvalue weighted by Gasteiger charge is -2.12. The van der Waals surface area contributed by atoms with Gasteiger partial charge in [-0.1, -0.05) is 28.1 Å². The van der Waals surface area contributed by atoms with E-state index < -0.39 is 0 Å². The molecule has 0 amide bonds. The Balaban J connectivity index is 1.98. The summed E-state index contributed by atoms with van der Waals surface area (Å²) in [6.07, 6.45) is 0. The van der Waals surface area contributed by atoms with Crippen LogP contribution in [0.25, 0.3) is 0 Å². The van der Waals surface area contributed by atoms with Gasteiger partial charge in [0.05, 0.1) is 10.7 Å². The second kappa shape index (κ2) is 5.95. The molecule has 2 nitrogen and oxygen atoms in total. The van der Waals surface area contributed by atoms with E-state index in [1.165, 1.54) is 10.4 Å². The molecular formula is C14H17BrN2S. The van der Waals surface area contributed by atoms with Gasteiger partial charge >= 0.3 is 0 Å². The summed E-state index contributed by atoms with van der Waals surface area (Å²) in [6.45, 7) is 7.21. The fourth-order valence-corrected chi connectivity index (χ4v) is 3.13. The molecule has 1 unspecified atom stereocenters. The van der Waals surface area contributed by atoms with Crippen LogP contribution >= 0.6 is 27.3 Å². The minimum absolute atomic E-state index is 0.347. The van der Waals surface area contributed by atoms with Gasteiger partial charge < -0.3 is 5.32 Å². The van der Waals surface area contributed by atoms with Crippen LogP contribution in [0.5, 0.6) is 0 Å². The van der Waals surface area contributed by atoms with Crippen LogP contribution in [0.15, 0.2) is 28.7 Å². The fourth-order valence-electron chi connectivity index (χ4n) is 1.91. The standard InChI is InChI=1S/C14H17BrN2S/c1-9(14-10(2)17-11(3)18-14)16-8-12-4-6-13(15)7-5-12/h4-7,9,16H,8H2,1-3H3. The summed E-state index contributed by atoms with van der Waals surface area (Å²) in [7, 11) is 0. The third-order valence-electron chi connectivity index (χ3n) is 2.86. The van der Waals surface area contributed by atoms with Crippen LogP contribution in [-0.2, 0) is 6.54 Å². The Hall–Kier alpha value is -0.710. The Morgan fingerprint density at radius 3 is 2.50 bits per heavy atom. The van der Waals surface area contributed by atoms with Crippen molar-refractivity contribution in [1.82, 2.24) is 10.3 Å². The Morgan fingerprint density at radius 1 is 1.28 bits per heavy atom. The number of thiazole rings is 1. The molecule has 4 heteroatoms. The fraction of sp³-hybridized carbons (Fsp3) is 0.357. The van der Waals surface area contributed by atoms with E-state index in [0.29, 0.717) is 6.04 Å². The summed E-state index contributed by atoms with van der Waals surface area (Å²) in [4.78, 5) is 5.81. The second-order valence-electron chi connectivity index (χ2n) is 4.41. The van der Waals surface area contributed by atoms with E-state index in [9.17, 15) is 0 Å². The zero-order chi connectivity index (χ0) is 13.1. The second-order valence-corrected chi connectivity index (χ2v) is 6.56. The third-order valence-corrected chi connectivity index (χ3v) is 4.64. The molecule has 2 aromatic rings. The van der Waals surface area contributed by atoms with Crippen molar-refractivity contribution < 1.29 is 0 Å². The summed E-state index contributed by atoms with van der Waals surface area (Å²) in [6, 6.07) is 8.76. The largest absolute Gasteiger partial charge is 0.305 e. The highest BCUT2D eigenvalue weighted by Crippen LogP contribution is 2.24. The van der Waals surface area contributed by atoms with Crippen molar-refractivity contribution in [3.8, 4) is 0 Å². The molecule has 1 N–H and O–H groups in total. The van der Waals surface area contributed by atoms with Gasteiger partial charge in [-0.05, 0) is 38.5 Å². The summed E-state index contributed by atoms with van der Waals surface area (Å²) in [5.41, 5.74) is 2.44. The van der Waals surface area contributed by atoms with Crippen molar-refractivity contribution in [1.29, 1.82) is 0 Å². The van der Waals surface area contributed by atoms with Crippen molar-refractivity contribution in [3.63, 3.8) is 0 Å². The first-order chi connectivity index (χ1) is 8.56. The van der Waals surface area contributed by atoms with Crippen LogP contribution in [0.3, 0.4) is 0 Å². The molecule has 0 bridgehead atoms. The first kappa shape index (κ1) is 13.7. The first-order valence-corrected chi connectivity index (χ1v) is 7.59. The lowest BCUT2D eigenvalue weighted by Crippen LogP contribution is -2.17. The van der Waals surface area contributed by atoms with Crippen LogP contribution in [0.2, 0.25) is 0 Å². The van der Waals surface area contributed by atoms with Gasteiger partial charge in [0.1, 0.15) is 0 Å². The molecule has 0 saturated carbocycles. The van der Waals surface area contributed by atoms with E-state index in [4.69, 9.17) is 0 Å². The normalized spacial score (nSPS) is 12.7. The number of aryl methyl sites for hydroxylation is 2. The van der Waals surface area contributed by atoms with Gasteiger partial charge in [0.25, 0.3) is 0 Å². The van der Waals surface area contributed by atoms with E-state index in [0.717, 1.165) is 21.7 Å². The highest BCUT2D eigenvalue weighted by Gasteiger charge is 2.12. The first-order valence-electron chi connectivity index (χ1n) is 5.98. The molecule has 1 heterocycles. The SMILES string of the molecule is Cc1nc(C)c(C(C)NCc2ccc(Br)cc2)s1. The van der Waals surface area contributed by atoms with E-state index in [-0.39, 0.29) is 0 Å². The summed E-state index contributed by atoms with van der Waals surface area (Å²) in [5.74, 6) is 0. The third kappa shape index (κ3) is 3.40. The van der Waals surface area contributed by atoms with Crippen molar-refractivity contribution in [3.05, 3.63) is 49.9 Å². The monoisotopic (exact) mass is 324 g/mol. The lowest BCUT2D eigenvalue weighted by molar-refractivity contribution is 0.579. The molecule has 0 fully saturated rings. The molecule has 96 valence electrons. The van der Waals surface area contributed by atoms with Crippen LogP contribution < -0.4 is 5.32 Å². The maximum Gasteiger partial charge on any atom is 0.0900 e. The molecule has 0 aliphatic rings. The van der Waals surface area contributed by atoms with Crippen molar-refractivity contribution in [2.75, 3.05) is 0 Å². The van der Waals surface area contributed by atoms with Gasteiger partial charge in [0, 0.05) is 21.9 Å². The summed E-state index contributed by atoms with van der Waals surface area (Å²) >= 11 is 5.23. The lowest BCUT2D eigenvalue weighted by atomic mass is 10.2. The number of rotatable bonds is 4. The van der Waals surface area contributed by atoms with Gasteiger partial charge in [-0.2, -0.15) is 0 Å². The van der Waals surface area contributed by atoms with Crippen molar-refractivity contribution in [2.45, 2.75) is 33.4 Å². The zero-order valence-electron chi connectivity index (χ0n) is 10.8. The van der Waals surface area contributed by atoms with E-state index in [1.54, 1.807) is 11.3 Å². The molecule has 1 atom stereocenters. The minimum atomic E-state index is 0.347. The van der Waals surface area contributed by atoms with Gasteiger partial charge in [-0.3, -0.25) is 0 Å². The average molecular weight is 325 g/mol. The number of halogens is 1. The molecule has 0 spiro atoms. The zero-order valence-corrected chi connectivity index (χ0v) is 13.2. The summed E-state index contributed by atoms with van der Waals surface area (Å²) in [5, 5.41) is 4.68. The predicted molar refractivity (Wildman–Crippen MR) is 81.0 cm³/mol.